The van der Waals surface area contributed by atoms with Gasteiger partial charge < -0.3 is 4.90 Å². The lowest BCUT2D eigenvalue weighted by molar-refractivity contribution is 0.0773. The van der Waals surface area contributed by atoms with E-state index in [1.54, 1.807) is 30.1 Å². The standard InChI is InChI=1S/C24H19FN6OS/c1-29(15-17-14-26-30(16-17)19-8-3-2-4-9-19)24(32)22-27-23(21-11-6-12-33-21)31(28-22)20-10-5-7-18(25)13-20/h2-14,16H,15H2,1H3. The molecule has 7 nitrogen and oxygen atoms in total. The van der Waals surface area contributed by atoms with Gasteiger partial charge in [0.1, 0.15) is 5.82 Å². The Kier molecular flexibility index (Phi) is 5.54. The van der Waals surface area contributed by atoms with Crippen LogP contribution >= 0.6 is 11.3 Å². The highest BCUT2D eigenvalue weighted by atomic mass is 32.1. The van der Waals surface area contributed by atoms with E-state index in [4.69, 9.17) is 0 Å². The number of amides is 1. The summed E-state index contributed by atoms with van der Waals surface area (Å²) in [6.07, 6.45) is 3.61. The Labute approximate surface area is 193 Å². The fraction of sp³-hybridized carbons (Fsp3) is 0.0833. The highest BCUT2D eigenvalue weighted by Crippen LogP contribution is 2.26. The number of thiophene rings is 1. The van der Waals surface area contributed by atoms with Crippen LogP contribution in [0.2, 0.25) is 0 Å². The second kappa shape index (κ2) is 8.79. The van der Waals surface area contributed by atoms with Gasteiger partial charge in [0.05, 0.1) is 22.4 Å². The van der Waals surface area contributed by atoms with E-state index >= 15 is 0 Å². The second-order valence-corrected chi connectivity index (χ2v) is 8.37. The average molecular weight is 459 g/mol. The van der Waals surface area contributed by atoms with Crippen LogP contribution in [0.1, 0.15) is 16.2 Å². The van der Waals surface area contributed by atoms with Gasteiger partial charge in [0.2, 0.25) is 5.82 Å². The fourth-order valence-corrected chi connectivity index (χ4v) is 4.13. The Balaban J connectivity index is 1.41. The molecule has 3 heterocycles. The minimum absolute atomic E-state index is 0.0422. The summed E-state index contributed by atoms with van der Waals surface area (Å²) in [6, 6.07) is 19.6. The largest absolute Gasteiger partial charge is 0.334 e. The van der Waals surface area contributed by atoms with Gasteiger partial charge >= 0.3 is 0 Å². The van der Waals surface area contributed by atoms with Crippen molar-refractivity contribution in [3.63, 3.8) is 0 Å². The summed E-state index contributed by atoms with van der Waals surface area (Å²) in [6.45, 7) is 0.342. The first-order valence-corrected chi connectivity index (χ1v) is 11.1. The van der Waals surface area contributed by atoms with Crippen molar-refractivity contribution in [3.05, 3.63) is 102 Å². The van der Waals surface area contributed by atoms with E-state index in [0.717, 1.165) is 16.1 Å². The van der Waals surface area contributed by atoms with Crippen LogP contribution in [0.25, 0.3) is 22.1 Å². The molecule has 3 aromatic heterocycles. The van der Waals surface area contributed by atoms with Crippen LogP contribution in [-0.4, -0.2) is 42.4 Å². The van der Waals surface area contributed by atoms with Gasteiger partial charge in [0.15, 0.2) is 5.82 Å². The lowest BCUT2D eigenvalue weighted by atomic mass is 10.3. The van der Waals surface area contributed by atoms with E-state index in [9.17, 15) is 9.18 Å². The zero-order valence-electron chi connectivity index (χ0n) is 17.7. The average Bonchev–Trinajstić information content (AvgIpc) is 3.59. The molecule has 0 unspecified atom stereocenters. The van der Waals surface area contributed by atoms with Crippen molar-refractivity contribution in [2.45, 2.75) is 6.54 Å². The Morgan fingerprint density at radius 3 is 2.64 bits per heavy atom. The highest BCUT2D eigenvalue weighted by molar-refractivity contribution is 7.13. The SMILES string of the molecule is CN(Cc1cnn(-c2ccccc2)c1)C(=O)c1nc(-c2cccs2)n(-c2cccc(F)c2)n1. The van der Waals surface area contributed by atoms with Crippen LogP contribution in [0.15, 0.2) is 84.5 Å². The number of aromatic nitrogens is 5. The molecule has 0 fully saturated rings. The second-order valence-electron chi connectivity index (χ2n) is 7.42. The minimum Gasteiger partial charge on any atom is -0.334 e. The zero-order valence-corrected chi connectivity index (χ0v) is 18.5. The van der Waals surface area contributed by atoms with Gasteiger partial charge in [-0.25, -0.2) is 18.7 Å². The lowest BCUT2D eigenvalue weighted by Crippen LogP contribution is -2.27. The molecule has 9 heteroatoms. The molecule has 164 valence electrons. The predicted molar refractivity (Wildman–Crippen MR) is 124 cm³/mol. The first-order chi connectivity index (χ1) is 16.1. The molecule has 0 N–H and O–H groups in total. The maximum absolute atomic E-state index is 13.8. The summed E-state index contributed by atoms with van der Waals surface area (Å²) in [5.74, 6) is -0.194. The Hall–Kier alpha value is -4.11. The molecule has 0 saturated heterocycles. The molecule has 33 heavy (non-hydrogen) atoms. The van der Waals surface area contributed by atoms with Crippen LogP contribution in [0.4, 0.5) is 4.39 Å². The first-order valence-electron chi connectivity index (χ1n) is 10.2. The topological polar surface area (TPSA) is 68.8 Å². The third kappa shape index (κ3) is 4.31. The van der Waals surface area contributed by atoms with Crippen LogP contribution in [-0.2, 0) is 6.54 Å². The van der Waals surface area contributed by atoms with E-state index in [2.05, 4.69) is 15.2 Å². The van der Waals surface area contributed by atoms with Gasteiger partial charge in [0, 0.05) is 25.4 Å². The van der Waals surface area contributed by atoms with Crippen LogP contribution in [0.3, 0.4) is 0 Å². The number of halogens is 1. The summed E-state index contributed by atoms with van der Waals surface area (Å²) < 4.78 is 17.1. The molecule has 0 atom stereocenters. The fourth-order valence-electron chi connectivity index (χ4n) is 3.44. The molecule has 0 radical (unpaired) electrons. The highest BCUT2D eigenvalue weighted by Gasteiger charge is 2.22. The predicted octanol–water partition coefficient (Wildman–Crippen LogP) is 4.59. The molecule has 5 aromatic rings. The lowest BCUT2D eigenvalue weighted by Gasteiger charge is -2.13. The summed E-state index contributed by atoms with van der Waals surface area (Å²) in [5.41, 5.74) is 2.31. The van der Waals surface area contributed by atoms with Crippen LogP contribution in [0, 0.1) is 5.82 Å². The summed E-state index contributed by atoms with van der Waals surface area (Å²) in [7, 11) is 1.69. The third-order valence-corrected chi connectivity index (χ3v) is 5.88. The molecule has 0 aliphatic carbocycles. The Morgan fingerprint density at radius 2 is 1.88 bits per heavy atom. The Bertz CT molecular complexity index is 1390. The van der Waals surface area contributed by atoms with Gasteiger partial charge in [-0.1, -0.05) is 30.3 Å². The number of para-hydroxylation sites is 1. The van der Waals surface area contributed by atoms with E-state index < -0.39 is 0 Å². The monoisotopic (exact) mass is 458 g/mol. The Morgan fingerprint density at radius 1 is 1.06 bits per heavy atom. The molecule has 0 saturated carbocycles. The van der Waals surface area contributed by atoms with Gasteiger partial charge in [-0.2, -0.15) is 5.10 Å². The smallest absolute Gasteiger partial charge is 0.293 e. The van der Waals surface area contributed by atoms with E-state index in [0.29, 0.717) is 18.1 Å². The molecule has 0 spiro atoms. The van der Waals surface area contributed by atoms with Crippen molar-refractivity contribution in [2.75, 3.05) is 7.05 Å². The molecule has 0 aliphatic heterocycles. The number of carbonyl (C=O) groups excluding carboxylic acids is 1. The normalized spacial score (nSPS) is 11.0. The maximum Gasteiger partial charge on any atom is 0.293 e. The van der Waals surface area contributed by atoms with E-state index in [-0.39, 0.29) is 17.5 Å². The van der Waals surface area contributed by atoms with Gasteiger partial charge in [-0.15, -0.1) is 16.4 Å². The first kappa shape index (κ1) is 20.8. The quantitative estimate of drug-likeness (QED) is 0.373. The van der Waals surface area contributed by atoms with Crippen molar-refractivity contribution in [3.8, 4) is 22.1 Å². The molecule has 1 amide bonds. The van der Waals surface area contributed by atoms with E-state index in [1.807, 2.05) is 54.0 Å². The summed E-state index contributed by atoms with van der Waals surface area (Å²) >= 11 is 1.47. The molecule has 0 aliphatic rings. The number of carbonyl (C=O) groups is 1. The van der Waals surface area contributed by atoms with Gasteiger partial charge in [-0.05, 0) is 41.8 Å². The van der Waals surface area contributed by atoms with Crippen molar-refractivity contribution in [1.82, 2.24) is 29.4 Å². The van der Waals surface area contributed by atoms with Gasteiger partial charge in [0.25, 0.3) is 5.91 Å². The van der Waals surface area contributed by atoms with Crippen LogP contribution in [0.5, 0.6) is 0 Å². The number of nitrogens with zero attached hydrogens (tertiary/aromatic N) is 6. The molecule has 5 rings (SSSR count). The van der Waals surface area contributed by atoms with Gasteiger partial charge in [-0.3, -0.25) is 4.79 Å². The molecule has 0 bridgehead atoms. The molecule has 2 aromatic carbocycles. The van der Waals surface area contributed by atoms with Crippen molar-refractivity contribution >= 4 is 17.2 Å². The number of benzene rings is 2. The maximum atomic E-state index is 13.8. The molecular formula is C24H19FN6OS. The van der Waals surface area contributed by atoms with Crippen molar-refractivity contribution < 1.29 is 9.18 Å². The van der Waals surface area contributed by atoms with Crippen LogP contribution < -0.4 is 0 Å². The minimum atomic E-state index is -0.388. The molecular weight excluding hydrogens is 439 g/mol. The van der Waals surface area contributed by atoms with Crippen molar-refractivity contribution in [1.29, 1.82) is 0 Å². The number of rotatable bonds is 6. The number of hydrogen-bond acceptors (Lipinski definition) is 5. The van der Waals surface area contributed by atoms with E-state index in [1.165, 1.54) is 33.1 Å². The van der Waals surface area contributed by atoms with Crippen molar-refractivity contribution in [2.24, 2.45) is 0 Å². The summed E-state index contributed by atoms with van der Waals surface area (Å²) in [5, 5.41) is 10.7. The zero-order chi connectivity index (χ0) is 22.8. The third-order valence-electron chi connectivity index (χ3n) is 5.02. The summed E-state index contributed by atoms with van der Waals surface area (Å²) in [4.78, 5) is 20.0. The number of hydrogen-bond donors (Lipinski definition) is 0.